The number of pyridine rings is 1. The monoisotopic (exact) mass is 452 g/mol. The van der Waals surface area contributed by atoms with Crippen LogP contribution < -0.4 is 0 Å². The Labute approximate surface area is 176 Å². The molecule has 0 radical (unpaired) electrons. The SMILES string of the molecule is O=C(c1ccc(Cl)cc1)n1ccc(-c2cc(-c3ncc(C(F)(F)F)cc3Cl)no2)n1. The molecule has 4 aromatic rings. The second-order valence-electron chi connectivity index (χ2n) is 6.09. The Hall–Kier alpha value is -3.17. The summed E-state index contributed by atoms with van der Waals surface area (Å²) in [5.41, 5.74) is -0.148. The number of hydrogen-bond acceptors (Lipinski definition) is 5. The summed E-state index contributed by atoms with van der Waals surface area (Å²) in [6, 6.07) is 10.0. The number of carbonyl (C=O) groups is 1. The van der Waals surface area contributed by atoms with Crippen molar-refractivity contribution in [3.8, 4) is 22.8 Å². The summed E-state index contributed by atoms with van der Waals surface area (Å²) in [6.45, 7) is 0. The van der Waals surface area contributed by atoms with Gasteiger partial charge in [-0.1, -0.05) is 28.4 Å². The van der Waals surface area contributed by atoms with Crippen LogP contribution in [0.4, 0.5) is 13.2 Å². The lowest BCUT2D eigenvalue weighted by molar-refractivity contribution is -0.137. The van der Waals surface area contributed by atoms with Crippen LogP contribution in [0.2, 0.25) is 10.0 Å². The summed E-state index contributed by atoms with van der Waals surface area (Å²) in [7, 11) is 0. The van der Waals surface area contributed by atoms with E-state index in [2.05, 4.69) is 15.2 Å². The van der Waals surface area contributed by atoms with Crippen molar-refractivity contribution in [3.63, 3.8) is 0 Å². The lowest BCUT2D eigenvalue weighted by Crippen LogP contribution is -2.12. The first-order chi connectivity index (χ1) is 14.2. The molecule has 3 heterocycles. The maximum atomic E-state index is 12.8. The van der Waals surface area contributed by atoms with Crippen LogP contribution in [-0.2, 0) is 6.18 Å². The van der Waals surface area contributed by atoms with E-state index in [1.165, 1.54) is 18.3 Å². The van der Waals surface area contributed by atoms with Gasteiger partial charge in [0.1, 0.15) is 17.1 Å². The quantitative estimate of drug-likeness (QED) is 0.403. The van der Waals surface area contributed by atoms with Crippen molar-refractivity contribution < 1.29 is 22.5 Å². The second kappa shape index (κ2) is 7.58. The standard InChI is InChI=1S/C19H9Cl2F3N4O2/c20-12-3-1-10(2-4-12)18(29)28-6-5-14(26-28)16-8-15(27-30-16)17-13(21)7-11(9-25-17)19(22,23)24/h1-9H. The number of aromatic nitrogens is 4. The smallest absolute Gasteiger partial charge is 0.354 e. The Bertz CT molecular complexity index is 1230. The van der Waals surface area contributed by atoms with E-state index in [1.807, 2.05) is 0 Å². The topological polar surface area (TPSA) is 73.8 Å². The number of benzene rings is 1. The fraction of sp³-hybridized carbons (Fsp3) is 0.0526. The fourth-order valence-electron chi connectivity index (χ4n) is 2.58. The van der Waals surface area contributed by atoms with E-state index in [4.69, 9.17) is 27.7 Å². The van der Waals surface area contributed by atoms with Crippen LogP contribution in [0.25, 0.3) is 22.8 Å². The number of carbonyl (C=O) groups excluding carboxylic acids is 1. The van der Waals surface area contributed by atoms with Crippen LogP contribution in [0.5, 0.6) is 0 Å². The largest absolute Gasteiger partial charge is 0.417 e. The Kier molecular flexibility index (Phi) is 5.08. The number of halogens is 5. The van der Waals surface area contributed by atoms with Gasteiger partial charge in [0.2, 0.25) is 0 Å². The van der Waals surface area contributed by atoms with Crippen molar-refractivity contribution in [1.29, 1.82) is 0 Å². The van der Waals surface area contributed by atoms with Gasteiger partial charge < -0.3 is 4.52 Å². The Morgan fingerprint density at radius 1 is 1.03 bits per heavy atom. The molecule has 0 amide bonds. The predicted octanol–water partition coefficient (Wildman–Crippen LogP) is 5.61. The molecule has 152 valence electrons. The highest BCUT2D eigenvalue weighted by Gasteiger charge is 2.32. The minimum Gasteiger partial charge on any atom is -0.354 e. The number of alkyl halides is 3. The van der Waals surface area contributed by atoms with Gasteiger partial charge in [0.25, 0.3) is 5.91 Å². The van der Waals surface area contributed by atoms with E-state index in [0.717, 1.165) is 10.7 Å². The van der Waals surface area contributed by atoms with Gasteiger partial charge in [-0.05, 0) is 36.4 Å². The first-order valence-electron chi connectivity index (χ1n) is 8.28. The minimum atomic E-state index is -4.56. The lowest BCUT2D eigenvalue weighted by atomic mass is 10.2. The van der Waals surface area contributed by atoms with Gasteiger partial charge in [-0.15, -0.1) is 0 Å². The maximum absolute atomic E-state index is 12.8. The summed E-state index contributed by atoms with van der Waals surface area (Å²) >= 11 is 11.7. The first kappa shape index (κ1) is 20.1. The molecule has 0 spiro atoms. The Balaban J connectivity index is 1.59. The third kappa shape index (κ3) is 3.94. The summed E-state index contributed by atoms with van der Waals surface area (Å²) in [5, 5.41) is 8.21. The molecule has 0 atom stereocenters. The normalized spacial score (nSPS) is 11.6. The van der Waals surface area contributed by atoms with Gasteiger partial charge in [0.15, 0.2) is 5.76 Å². The maximum Gasteiger partial charge on any atom is 0.417 e. The van der Waals surface area contributed by atoms with Crippen molar-refractivity contribution in [1.82, 2.24) is 19.9 Å². The summed E-state index contributed by atoms with van der Waals surface area (Å²) in [5.74, 6) is -0.199. The average molecular weight is 453 g/mol. The van der Waals surface area contributed by atoms with Gasteiger partial charge in [-0.2, -0.15) is 18.3 Å². The van der Waals surface area contributed by atoms with Crippen molar-refractivity contribution >= 4 is 29.1 Å². The minimum absolute atomic E-state index is 0.0244. The predicted molar refractivity (Wildman–Crippen MR) is 102 cm³/mol. The van der Waals surface area contributed by atoms with E-state index >= 15 is 0 Å². The highest BCUT2D eigenvalue weighted by Crippen LogP contribution is 2.34. The van der Waals surface area contributed by atoms with Gasteiger partial charge in [0.05, 0.1) is 10.6 Å². The molecule has 11 heteroatoms. The number of rotatable bonds is 3. The van der Waals surface area contributed by atoms with E-state index < -0.39 is 11.7 Å². The third-order valence-corrected chi connectivity index (χ3v) is 4.60. The molecule has 0 saturated heterocycles. The van der Waals surface area contributed by atoms with E-state index in [1.54, 1.807) is 24.3 Å². The molecular weight excluding hydrogens is 444 g/mol. The summed E-state index contributed by atoms with van der Waals surface area (Å²) in [4.78, 5) is 16.2. The van der Waals surface area contributed by atoms with Crippen LogP contribution in [0.1, 0.15) is 15.9 Å². The lowest BCUT2D eigenvalue weighted by Gasteiger charge is -2.07. The molecule has 4 rings (SSSR count). The van der Waals surface area contributed by atoms with Crippen LogP contribution in [0.15, 0.2) is 59.4 Å². The van der Waals surface area contributed by atoms with Crippen molar-refractivity contribution in [3.05, 3.63) is 76.0 Å². The molecule has 0 fully saturated rings. The highest BCUT2D eigenvalue weighted by molar-refractivity contribution is 6.33. The molecule has 0 unspecified atom stereocenters. The zero-order valence-corrected chi connectivity index (χ0v) is 16.2. The molecule has 0 saturated carbocycles. The number of nitrogens with zero attached hydrogens (tertiary/aromatic N) is 4. The highest BCUT2D eigenvalue weighted by atomic mass is 35.5. The summed E-state index contributed by atoms with van der Waals surface area (Å²) < 4.78 is 44.6. The molecule has 1 aromatic carbocycles. The first-order valence-corrected chi connectivity index (χ1v) is 9.04. The summed E-state index contributed by atoms with van der Waals surface area (Å²) in [6.07, 6.45) is -2.46. The van der Waals surface area contributed by atoms with Gasteiger partial charge in [0, 0.05) is 29.0 Å². The molecule has 3 aromatic heterocycles. The average Bonchev–Trinajstić information content (AvgIpc) is 3.37. The molecule has 0 aliphatic heterocycles. The van der Waals surface area contributed by atoms with Crippen molar-refractivity contribution in [2.24, 2.45) is 0 Å². The molecule has 30 heavy (non-hydrogen) atoms. The second-order valence-corrected chi connectivity index (χ2v) is 6.93. The zero-order chi connectivity index (χ0) is 21.5. The molecule has 0 aliphatic rings. The molecule has 0 N–H and O–H groups in total. The third-order valence-electron chi connectivity index (χ3n) is 4.06. The Morgan fingerprint density at radius 3 is 2.43 bits per heavy atom. The Morgan fingerprint density at radius 2 is 1.77 bits per heavy atom. The molecule has 6 nitrogen and oxygen atoms in total. The van der Waals surface area contributed by atoms with E-state index in [-0.39, 0.29) is 28.1 Å². The van der Waals surface area contributed by atoms with Crippen LogP contribution >= 0.6 is 23.2 Å². The van der Waals surface area contributed by atoms with Crippen LogP contribution in [0, 0.1) is 0 Å². The van der Waals surface area contributed by atoms with Gasteiger partial charge >= 0.3 is 6.18 Å². The molecule has 0 aliphatic carbocycles. The van der Waals surface area contributed by atoms with Crippen LogP contribution in [0.3, 0.4) is 0 Å². The van der Waals surface area contributed by atoms with Crippen LogP contribution in [-0.4, -0.2) is 25.8 Å². The van der Waals surface area contributed by atoms with E-state index in [0.29, 0.717) is 22.5 Å². The van der Waals surface area contributed by atoms with Crippen molar-refractivity contribution in [2.45, 2.75) is 6.18 Å². The van der Waals surface area contributed by atoms with Gasteiger partial charge in [-0.25, -0.2) is 4.68 Å². The number of hydrogen-bond donors (Lipinski definition) is 0. The fourth-order valence-corrected chi connectivity index (χ4v) is 2.97. The van der Waals surface area contributed by atoms with Crippen molar-refractivity contribution in [2.75, 3.05) is 0 Å². The zero-order valence-electron chi connectivity index (χ0n) is 14.7. The molecule has 0 bridgehead atoms. The van der Waals surface area contributed by atoms with E-state index in [9.17, 15) is 18.0 Å². The molecular formula is C19H9Cl2F3N4O2. The van der Waals surface area contributed by atoms with Gasteiger partial charge in [-0.3, -0.25) is 9.78 Å².